The summed E-state index contributed by atoms with van der Waals surface area (Å²) in [6.07, 6.45) is -1.17. The number of hydrogen-bond acceptors (Lipinski definition) is 9. The lowest BCUT2D eigenvalue weighted by Gasteiger charge is -2.41. The molecule has 1 saturated heterocycles. The second-order valence-electron chi connectivity index (χ2n) is 15.0. The van der Waals surface area contributed by atoms with E-state index >= 15 is 0 Å². The number of likely N-dealkylation sites (N-methyl/N-ethyl adjacent to an activating group) is 2. The summed E-state index contributed by atoms with van der Waals surface area (Å²) in [6, 6.07) is 5.06. The Kier molecular flexibility index (Phi) is 18.0. The monoisotopic (exact) mass is 745 g/mol. The van der Waals surface area contributed by atoms with Crippen molar-refractivity contribution in [3.05, 3.63) is 35.9 Å². The molecule has 0 spiro atoms. The first-order valence-corrected chi connectivity index (χ1v) is 18.6. The lowest BCUT2D eigenvalue weighted by molar-refractivity contribution is -0.148. The van der Waals surface area contributed by atoms with Gasteiger partial charge < -0.3 is 40.3 Å². The van der Waals surface area contributed by atoms with Crippen molar-refractivity contribution in [3.8, 4) is 0 Å². The summed E-state index contributed by atoms with van der Waals surface area (Å²) in [4.78, 5) is 82.8. The molecule has 298 valence electrons. The minimum Gasteiger partial charge on any atom is -0.480 e. The van der Waals surface area contributed by atoms with Crippen LogP contribution >= 0.6 is 0 Å². The van der Waals surface area contributed by atoms with Gasteiger partial charge >= 0.3 is 5.97 Å². The van der Waals surface area contributed by atoms with Gasteiger partial charge in [0.25, 0.3) is 0 Å². The van der Waals surface area contributed by atoms with Crippen molar-refractivity contribution in [1.82, 2.24) is 25.8 Å². The van der Waals surface area contributed by atoms with E-state index in [0.717, 1.165) is 5.56 Å². The van der Waals surface area contributed by atoms with E-state index in [2.05, 4.69) is 16.0 Å². The van der Waals surface area contributed by atoms with Crippen LogP contribution in [0.1, 0.15) is 73.3 Å². The molecule has 1 fully saturated rings. The predicted molar refractivity (Wildman–Crippen MR) is 201 cm³/mol. The topological polar surface area (TPSA) is 184 Å². The highest BCUT2D eigenvalue weighted by molar-refractivity contribution is 5.92. The maximum Gasteiger partial charge on any atom is 0.326 e. The molecule has 0 aliphatic carbocycles. The molecule has 14 heteroatoms. The van der Waals surface area contributed by atoms with Gasteiger partial charge in [-0.2, -0.15) is 0 Å². The molecule has 53 heavy (non-hydrogen) atoms. The number of carbonyl (C=O) groups is 6. The third-order valence-electron chi connectivity index (χ3n) is 10.5. The van der Waals surface area contributed by atoms with Crippen LogP contribution in [0.5, 0.6) is 0 Å². The van der Waals surface area contributed by atoms with E-state index in [1.165, 1.54) is 19.1 Å². The minimum absolute atomic E-state index is 0.00457. The molecule has 1 aliphatic rings. The fourth-order valence-corrected chi connectivity index (χ4v) is 7.24. The highest BCUT2D eigenvalue weighted by Gasteiger charge is 2.45. The van der Waals surface area contributed by atoms with E-state index in [-0.39, 0.29) is 61.2 Å². The molecule has 1 aromatic rings. The van der Waals surface area contributed by atoms with E-state index < -0.39 is 66.1 Å². The quantitative estimate of drug-likeness (QED) is 0.146. The van der Waals surface area contributed by atoms with Crippen molar-refractivity contribution in [2.45, 2.75) is 117 Å². The van der Waals surface area contributed by atoms with Crippen molar-refractivity contribution in [1.29, 1.82) is 0 Å². The molecule has 0 unspecified atom stereocenters. The van der Waals surface area contributed by atoms with Crippen molar-refractivity contribution in [2.75, 3.05) is 34.9 Å². The number of ether oxygens (including phenoxy) is 2. The third-order valence-corrected chi connectivity index (χ3v) is 10.5. The lowest BCUT2D eigenvalue weighted by atomic mass is 9.89. The summed E-state index contributed by atoms with van der Waals surface area (Å²) >= 11 is 0. The standard InChI is InChI=1S/C39H63N5O9/c1-12-24(6)34(43(9)38(49)33(23(4)5)42-37(48)32(40-8)22(2)3)30(52-10)20-31(46)44-21-27(45)19-29(44)35(53-11)25(7)36(47)41-28(39(50)51)18-26-16-14-13-15-17-26/h13-17,22-25,28-30,32-35,40H,12,18-21H2,1-11H3,(H,41,47)(H,42,48)(H,50,51)/t24-,25+,28-,29-,30+,32-,33-,34-,35+/m0/s1. The van der Waals surface area contributed by atoms with Gasteiger partial charge in [0.1, 0.15) is 12.1 Å². The number of Topliss-reactive ketones (excluding diaryl/α,β-unsaturated/α-hetero) is 1. The van der Waals surface area contributed by atoms with Crippen LogP contribution in [0, 0.1) is 23.7 Å². The summed E-state index contributed by atoms with van der Waals surface area (Å²) in [5, 5.41) is 18.4. The lowest BCUT2D eigenvalue weighted by Crippen LogP contribution is -2.59. The van der Waals surface area contributed by atoms with E-state index in [9.17, 15) is 33.9 Å². The van der Waals surface area contributed by atoms with E-state index in [1.54, 1.807) is 50.2 Å². The number of carbonyl (C=O) groups excluding carboxylic acids is 5. The van der Waals surface area contributed by atoms with Gasteiger partial charge in [0.15, 0.2) is 5.78 Å². The fourth-order valence-electron chi connectivity index (χ4n) is 7.24. The van der Waals surface area contributed by atoms with Gasteiger partial charge in [0.05, 0.1) is 49.2 Å². The average molecular weight is 746 g/mol. The van der Waals surface area contributed by atoms with Gasteiger partial charge in [0, 0.05) is 34.1 Å². The fraction of sp³-hybridized carbons (Fsp3) is 0.692. The number of nitrogens with zero attached hydrogens (tertiary/aromatic N) is 2. The van der Waals surface area contributed by atoms with Crippen LogP contribution in [0.15, 0.2) is 30.3 Å². The zero-order chi connectivity index (χ0) is 40.2. The molecule has 0 bridgehead atoms. The van der Waals surface area contributed by atoms with Crippen LogP contribution in [-0.4, -0.2) is 128 Å². The average Bonchev–Trinajstić information content (AvgIpc) is 3.50. The van der Waals surface area contributed by atoms with Crippen LogP contribution in [0.4, 0.5) is 0 Å². The first-order chi connectivity index (χ1) is 24.9. The Bertz CT molecular complexity index is 1390. The number of hydrogen-bond donors (Lipinski definition) is 4. The second-order valence-corrected chi connectivity index (χ2v) is 15.0. The normalized spacial score (nSPS) is 19.2. The Morgan fingerprint density at radius 3 is 2.02 bits per heavy atom. The van der Waals surface area contributed by atoms with Gasteiger partial charge in [-0.15, -0.1) is 0 Å². The van der Waals surface area contributed by atoms with E-state index in [4.69, 9.17) is 9.47 Å². The Labute approximate surface area is 315 Å². The number of nitrogens with one attached hydrogen (secondary N) is 3. The molecule has 9 atom stereocenters. The van der Waals surface area contributed by atoms with Crippen molar-refractivity contribution in [3.63, 3.8) is 0 Å². The molecule has 0 radical (unpaired) electrons. The first-order valence-electron chi connectivity index (χ1n) is 18.6. The van der Waals surface area contributed by atoms with Gasteiger partial charge in [0.2, 0.25) is 23.6 Å². The van der Waals surface area contributed by atoms with Crippen molar-refractivity contribution < 1.29 is 43.3 Å². The summed E-state index contributed by atoms with van der Waals surface area (Å²) in [5.41, 5.74) is 0.739. The number of amides is 4. The number of likely N-dealkylation sites (tertiary alicyclic amines) is 1. The van der Waals surface area contributed by atoms with Crippen LogP contribution in [0.3, 0.4) is 0 Å². The van der Waals surface area contributed by atoms with Crippen molar-refractivity contribution >= 4 is 35.4 Å². The number of carboxylic acids is 1. The van der Waals surface area contributed by atoms with Crippen LogP contribution in [0.25, 0.3) is 0 Å². The molecule has 1 aromatic carbocycles. The maximum atomic E-state index is 14.1. The Balaban J connectivity index is 2.31. The Morgan fingerprint density at radius 2 is 1.53 bits per heavy atom. The number of methoxy groups -OCH3 is 2. The second kappa shape index (κ2) is 21.1. The zero-order valence-corrected chi connectivity index (χ0v) is 33.4. The number of aliphatic carboxylic acids is 1. The predicted octanol–water partition coefficient (Wildman–Crippen LogP) is 2.28. The van der Waals surface area contributed by atoms with E-state index in [1.807, 2.05) is 47.6 Å². The number of benzene rings is 1. The molecule has 2 rings (SSSR count). The number of carboxylic acid groups (broad SMARTS) is 1. The van der Waals surface area contributed by atoms with E-state index in [0.29, 0.717) is 6.42 Å². The number of rotatable bonds is 21. The Hall–Kier alpha value is -3.88. The first kappa shape index (κ1) is 45.3. The molecule has 1 aliphatic heterocycles. The largest absolute Gasteiger partial charge is 0.480 e. The minimum atomic E-state index is -1.20. The third kappa shape index (κ3) is 12.1. The molecule has 14 nitrogen and oxygen atoms in total. The molecule has 0 saturated carbocycles. The zero-order valence-electron chi connectivity index (χ0n) is 33.4. The molecule has 4 amide bonds. The summed E-state index contributed by atoms with van der Waals surface area (Å²) in [7, 11) is 6.21. The Morgan fingerprint density at radius 1 is 0.925 bits per heavy atom. The molecule has 1 heterocycles. The summed E-state index contributed by atoms with van der Waals surface area (Å²) in [6.45, 7) is 12.9. The van der Waals surface area contributed by atoms with Crippen molar-refractivity contribution in [2.24, 2.45) is 23.7 Å². The van der Waals surface area contributed by atoms with Crippen LogP contribution in [0.2, 0.25) is 0 Å². The summed E-state index contributed by atoms with van der Waals surface area (Å²) < 4.78 is 11.7. The maximum absolute atomic E-state index is 14.1. The smallest absolute Gasteiger partial charge is 0.326 e. The summed E-state index contributed by atoms with van der Waals surface area (Å²) in [5.74, 6) is -4.26. The van der Waals surface area contributed by atoms with Crippen LogP contribution in [-0.2, 0) is 44.7 Å². The van der Waals surface area contributed by atoms with Gasteiger partial charge in [-0.05, 0) is 30.4 Å². The van der Waals surface area contributed by atoms with Gasteiger partial charge in [-0.1, -0.05) is 85.2 Å². The van der Waals surface area contributed by atoms with Crippen LogP contribution < -0.4 is 16.0 Å². The number of ketones is 1. The SMILES string of the molecule is CC[C@H](C)[C@@H]([C@@H](CC(=O)N1CC(=O)C[C@H]1[C@H](OC)[C@@H](C)C(=O)N[C@@H](Cc1ccccc1)C(=O)O)OC)N(C)C(=O)[C@@H](NC(=O)[C@@H](NC)C(C)C)C(C)C. The van der Waals surface area contributed by atoms with Gasteiger partial charge in [-0.3, -0.25) is 24.0 Å². The highest BCUT2D eigenvalue weighted by Crippen LogP contribution is 2.29. The molecular weight excluding hydrogens is 682 g/mol. The molecule has 0 aromatic heterocycles. The molecular formula is C39H63N5O9. The molecule has 4 N–H and O–H groups in total. The highest BCUT2D eigenvalue weighted by atomic mass is 16.5. The van der Waals surface area contributed by atoms with Gasteiger partial charge in [-0.25, -0.2) is 4.79 Å².